The van der Waals surface area contributed by atoms with Gasteiger partial charge in [0.05, 0.1) is 11.7 Å². The van der Waals surface area contributed by atoms with Crippen LogP contribution in [0.4, 0.5) is 0 Å². The number of carbonyl (C=O) groups excluding carboxylic acids is 1. The first-order chi connectivity index (χ1) is 9.00. The topological polar surface area (TPSA) is 35.5 Å². The van der Waals surface area contributed by atoms with Gasteiger partial charge in [-0.3, -0.25) is 0 Å². The number of halogens is 1. The van der Waals surface area contributed by atoms with Gasteiger partial charge in [0.1, 0.15) is 11.1 Å². The highest BCUT2D eigenvalue weighted by Crippen LogP contribution is 2.35. The summed E-state index contributed by atoms with van der Waals surface area (Å²) in [5, 5.41) is -0.249. The number of rotatable bonds is 2. The molecule has 2 rings (SSSR count). The van der Waals surface area contributed by atoms with Crippen molar-refractivity contribution in [3.05, 3.63) is 35.9 Å². The van der Waals surface area contributed by atoms with Crippen molar-refractivity contribution in [2.75, 3.05) is 0 Å². The van der Waals surface area contributed by atoms with Gasteiger partial charge in [-0.05, 0) is 25.0 Å². The second-order valence-corrected chi connectivity index (χ2v) is 6.05. The predicted octanol–water partition coefficient (Wildman–Crippen LogP) is 3.62. The Morgan fingerprint density at radius 1 is 1.16 bits per heavy atom. The van der Waals surface area contributed by atoms with Gasteiger partial charge in [0, 0.05) is 5.92 Å². The predicted molar refractivity (Wildman–Crippen MR) is 77.2 cm³/mol. The molecule has 1 saturated heterocycles. The van der Waals surface area contributed by atoms with Crippen molar-refractivity contribution < 1.29 is 14.3 Å². The molecule has 1 aromatic carbocycles. The molecule has 0 saturated carbocycles. The maximum Gasteiger partial charge on any atom is 0.338 e. The van der Waals surface area contributed by atoms with E-state index in [0.29, 0.717) is 11.5 Å². The van der Waals surface area contributed by atoms with E-state index in [2.05, 4.69) is 29.8 Å². The van der Waals surface area contributed by atoms with Crippen LogP contribution in [0.25, 0.3) is 0 Å². The standard InChI is InChI=1S/C15H19BrO3/c1-9-10(2)13(14(16)18-11(9)3)19-15(17)12-7-5-4-6-8-12/h4-11,13-14H,1-3H3/t9-,10+,11-,13-,14-/m0/s1. The molecule has 1 aromatic rings. The van der Waals surface area contributed by atoms with Crippen LogP contribution in [0.3, 0.4) is 0 Å². The molecule has 0 amide bonds. The summed E-state index contributed by atoms with van der Waals surface area (Å²) in [6, 6.07) is 9.04. The van der Waals surface area contributed by atoms with Crippen molar-refractivity contribution in [2.24, 2.45) is 11.8 Å². The van der Waals surface area contributed by atoms with Crippen molar-refractivity contribution in [3.8, 4) is 0 Å². The Balaban J connectivity index is 2.08. The molecule has 0 radical (unpaired) electrons. The number of hydrogen-bond acceptors (Lipinski definition) is 3. The first-order valence-corrected chi connectivity index (χ1v) is 7.48. The molecule has 1 fully saturated rings. The Hall–Kier alpha value is -0.870. The Morgan fingerprint density at radius 3 is 2.42 bits per heavy atom. The van der Waals surface area contributed by atoms with Crippen LogP contribution in [0.2, 0.25) is 0 Å². The molecule has 0 aromatic heterocycles. The van der Waals surface area contributed by atoms with Crippen LogP contribution < -0.4 is 0 Å². The van der Waals surface area contributed by atoms with E-state index in [1.54, 1.807) is 12.1 Å². The first-order valence-electron chi connectivity index (χ1n) is 6.56. The third kappa shape index (κ3) is 3.18. The average molecular weight is 327 g/mol. The maximum absolute atomic E-state index is 12.1. The van der Waals surface area contributed by atoms with E-state index in [4.69, 9.17) is 9.47 Å². The van der Waals surface area contributed by atoms with Gasteiger partial charge in [-0.15, -0.1) is 0 Å². The second-order valence-electron chi connectivity index (χ2n) is 5.15. The minimum Gasteiger partial charge on any atom is -0.455 e. The van der Waals surface area contributed by atoms with Gasteiger partial charge in [0.15, 0.2) is 0 Å². The molecule has 3 nitrogen and oxygen atoms in total. The van der Waals surface area contributed by atoms with Crippen LogP contribution in [-0.4, -0.2) is 23.2 Å². The molecular formula is C15H19BrO3. The molecule has 1 aliphatic heterocycles. The number of esters is 1. The molecule has 5 atom stereocenters. The summed E-state index contributed by atoms with van der Waals surface area (Å²) >= 11 is 3.46. The van der Waals surface area contributed by atoms with E-state index in [9.17, 15) is 4.79 Å². The number of benzene rings is 1. The summed E-state index contributed by atoms with van der Waals surface area (Å²) in [4.78, 5) is 12.1. The lowest BCUT2D eigenvalue weighted by molar-refractivity contribution is -0.127. The van der Waals surface area contributed by atoms with Crippen LogP contribution in [0.1, 0.15) is 31.1 Å². The number of hydrogen-bond donors (Lipinski definition) is 0. The fourth-order valence-electron chi connectivity index (χ4n) is 2.30. The smallest absolute Gasteiger partial charge is 0.338 e. The summed E-state index contributed by atoms with van der Waals surface area (Å²) in [5.41, 5.74) is 0.570. The van der Waals surface area contributed by atoms with E-state index in [-0.39, 0.29) is 29.1 Å². The normalized spacial score (nSPS) is 34.8. The Labute approximate surface area is 122 Å². The number of carbonyl (C=O) groups is 1. The highest BCUT2D eigenvalue weighted by molar-refractivity contribution is 9.09. The minimum absolute atomic E-state index is 0.158. The van der Waals surface area contributed by atoms with E-state index in [1.165, 1.54) is 0 Å². The minimum atomic E-state index is -0.299. The van der Waals surface area contributed by atoms with E-state index >= 15 is 0 Å². The molecule has 0 bridgehead atoms. The van der Waals surface area contributed by atoms with E-state index in [0.717, 1.165) is 0 Å². The molecule has 4 heteroatoms. The Morgan fingerprint density at radius 2 is 1.79 bits per heavy atom. The zero-order chi connectivity index (χ0) is 14.0. The highest BCUT2D eigenvalue weighted by atomic mass is 79.9. The van der Waals surface area contributed by atoms with Gasteiger partial charge < -0.3 is 9.47 Å². The van der Waals surface area contributed by atoms with Crippen molar-refractivity contribution in [2.45, 2.75) is 38.0 Å². The quantitative estimate of drug-likeness (QED) is 0.615. The molecule has 19 heavy (non-hydrogen) atoms. The highest BCUT2D eigenvalue weighted by Gasteiger charge is 2.40. The van der Waals surface area contributed by atoms with Crippen molar-refractivity contribution >= 4 is 21.9 Å². The molecule has 1 aliphatic rings. The lowest BCUT2D eigenvalue weighted by atomic mass is 9.85. The third-order valence-corrected chi connectivity index (χ3v) is 4.68. The van der Waals surface area contributed by atoms with E-state index < -0.39 is 0 Å². The van der Waals surface area contributed by atoms with Crippen LogP contribution in [-0.2, 0) is 9.47 Å². The average Bonchev–Trinajstić information content (AvgIpc) is 2.42. The molecule has 0 spiro atoms. The fourth-order valence-corrected chi connectivity index (χ4v) is 3.23. The van der Waals surface area contributed by atoms with Gasteiger partial charge in [-0.2, -0.15) is 0 Å². The molecular weight excluding hydrogens is 308 g/mol. The zero-order valence-corrected chi connectivity index (χ0v) is 13.0. The summed E-state index contributed by atoms with van der Waals surface area (Å²) < 4.78 is 11.4. The Kier molecular flexibility index (Phi) is 4.63. The molecule has 104 valence electrons. The monoisotopic (exact) mass is 326 g/mol. The van der Waals surface area contributed by atoms with Crippen molar-refractivity contribution in [3.63, 3.8) is 0 Å². The second kappa shape index (κ2) is 6.06. The van der Waals surface area contributed by atoms with Crippen LogP contribution >= 0.6 is 15.9 Å². The molecule has 0 aliphatic carbocycles. The zero-order valence-electron chi connectivity index (χ0n) is 11.4. The Bertz CT molecular complexity index is 434. The molecule has 1 heterocycles. The summed E-state index contributed by atoms with van der Waals surface area (Å²) in [6.45, 7) is 6.27. The lowest BCUT2D eigenvalue weighted by Gasteiger charge is -2.41. The van der Waals surface area contributed by atoms with Crippen LogP contribution in [0.15, 0.2) is 30.3 Å². The third-order valence-electron chi connectivity index (χ3n) is 3.94. The van der Waals surface area contributed by atoms with Gasteiger partial charge >= 0.3 is 5.97 Å². The summed E-state index contributed by atoms with van der Waals surface area (Å²) in [6.07, 6.45) is -0.107. The van der Waals surface area contributed by atoms with Crippen molar-refractivity contribution in [1.29, 1.82) is 0 Å². The van der Waals surface area contributed by atoms with Gasteiger partial charge in [-0.1, -0.05) is 48.0 Å². The SMILES string of the molecule is C[C@@H]1[C@H](C)[C@H](C)O[C@H](Br)[C@H]1OC(=O)c1ccccc1. The molecule has 0 N–H and O–H groups in total. The van der Waals surface area contributed by atoms with Crippen LogP contribution in [0.5, 0.6) is 0 Å². The summed E-state index contributed by atoms with van der Waals surface area (Å²) in [7, 11) is 0. The van der Waals surface area contributed by atoms with Gasteiger partial charge in [0.2, 0.25) is 0 Å². The van der Waals surface area contributed by atoms with Gasteiger partial charge in [0.25, 0.3) is 0 Å². The van der Waals surface area contributed by atoms with Gasteiger partial charge in [-0.25, -0.2) is 4.79 Å². The number of alkyl halides is 1. The summed E-state index contributed by atoms with van der Waals surface area (Å²) in [5.74, 6) is 0.301. The first kappa shape index (κ1) is 14.5. The lowest BCUT2D eigenvalue weighted by Crippen LogP contribution is -2.47. The maximum atomic E-state index is 12.1. The largest absolute Gasteiger partial charge is 0.455 e. The van der Waals surface area contributed by atoms with Crippen LogP contribution in [0, 0.1) is 11.8 Å². The van der Waals surface area contributed by atoms with Crippen molar-refractivity contribution in [1.82, 2.24) is 0 Å². The molecule has 0 unspecified atom stereocenters. The number of ether oxygens (including phenoxy) is 2. The fraction of sp³-hybridized carbons (Fsp3) is 0.533. The van der Waals surface area contributed by atoms with E-state index in [1.807, 2.05) is 25.1 Å².